The second kappa shape index (κ2) is 6.21. The summed E-state index contributed by atoms with van der Waals surface area (Å²) in [5.74, 6) is 1.83. The van der Waals surface area contributed by atoms with E-state index in [4.69, 9.17) is 4.74 Å². The van der Waals surface area contributed by atoms with E-state index < -0.39 is 0 Å². The average Bonchev–Trinajstić information content (AvgIpc) is 2.93. The molecule has 0 radical (unpaired) electrons. The van der Waals surface area contributed by atoms with Gasteiger partial charge in [-0.05, 0) is 31.2 Å². The second-order valence-corrected chi connectivity index (χ2v) is 4.11. The monoisotopic (exact) mass is 245 g/mol. The number of hydrogen-bond donors (Lipinski definition) is 2. The Labute approximate surface area is 107 Å². The molecule has 1 aromatic carbocycles. The lowest BCUT2D eigenvalue weighted by Gasteiger charge is -2.14. The first-order valence-corrected chi connectivity index (χ1v) is 6.24. The highest BCUT2D eigenvalue weighted by Gasteiger charge is 2.13. The fourth-order valence-electron chi connectivity index (χ4n) is 1.87. The molecule has 1 unspecified atom stereocenters. The summed E-state index contributed by atoms with van der Waals surface area (Å²) < 4.78 is 5.57. The van der Waals surface area contributed by atoms with E-state index in [-0.39, 0.29) is 6.04 Å². The van der Waals surface area contributed by atoms with E-state index in [9.17, 15) is 0 Å². The van der Waals surface area contributed by atoms with Crippen LogP contribution in [-0.2, 0) is 0 Å². The fourth-order valence-corrected chi connectivity index (χ4v) is 1.87. The summed E-state index contributed by atoms with van der Waals surface area (Å²) in [6.07, 6.45) is 4.62. The molecule has 1 aromatic heterocycles. The lowest BCUT2D eigenvalue weighted by Crippen LogP contribution is -2.18. The molecule has 2 rings (SSSR count). The van der Waals surface area contributed by atoms with Crippen molar-refractivity contribution in [2.24, 2.45) is 0 Å². The van der Waals surface area contributed by atoms with Gasteiger partial charge in [-0.1, -0.05) is 19.1 Å². The summed E-state index contributed by atoms with van der Waals surface area (Å²) >= 11 is 0. The Balaban J connectivity index is 2.12. The summed E-state index contributed by atoms with van der Waals surface area (Å²) in [4.78, 5) is 7.42. The summed E-state index contributed by atoms with van der Waals surface area (Å²) in [6, 6.07) is 8.21. The maximum atomic E-state index is 5.57. The van der Waals surface area contributed by atoms with Crippen LogP contribution in [0.4, 0.5) is 0 Å². The van der Waals surface area contributed by atoms with Crippen molar-refractivity contribution in [2.75, 3.05) is 13.7 Å². The molecule has 0 fully saturated rings. The molecule has 4 nitrogen and oxygen atoms in total. The van der Waals surface area contributed by atoms with Crippen LogP contribution in [0.5, 0.6) is 5.75 Å². The van der Waals surface area contributed by atoms with Gasteiger partial charge in [-0.25, -0.2) is 4.98 Å². The summed E-state index contributed by atoms with van der Waals surface area (Å²) in [7, 11) is 1.93. The predicted molar refractivity (Wildman–Crippen MR) is 71.7 cm³/mol. The first-order chi connectivity index (χ1) is 8.85. The lowest BCUT2D eigenvalue weighted by molar-refractivity contribution is 0.317. The van der Waals surface area contributed by atoms with Gasteiger partial charge in [0.15, 0.2) is 0 Å². The molecule has 4 heteroatoms. The van der Waals surface area contributed by atoms with Gasteiger partial charge >= 0.3 is 0 Å². The molecule has 0 aliphatic heterocycles. The Morgan fingerprint density at radius 1 is 1.33 bits per heavy atom. The van der Waals surface area contributed by atoms with E-state index >= 15 is 0 Å². The molecule has 0 saturated heterocycles. The van der Waals surface area contributed by atoms with Crippen molar-refractivity contribution in [3.8, 4) is 5.75 Å². The van der Waals surface area contributed by atoms with E-state index in [1.807, 2.05) is 25.4 Å². The molecule has 1 heterocycles. The standard InChI is InChI=1S/C14H19N3O/c1-3-10-18-12-6-4-11(5-7-12)13(15-2)14-16-8-9-17-14/h4-9,13,15H,3,10H2,1-2H3,(H,16,17). The average molecular weight is 245 g/mol. The van der Waals surface area contributed by atoms with Gasteiger partial charge < -0.3 is 15.0 Å². The van der Waals surface area contributed by atoms with Gasteiger partial charge in [0.1, 0.15) is 11.6 Å². The zero-order valence-electron chi connectivity index (χ0n) is 10.8. The predicted octanol–water partition coefficient (Wildman–Crippen LogP) is 2.51. The number of rotatable bonds is 6. The number of aromatic amines is 1. The van der Waals surface area contributed by atoms with Gasteiger partial charge in [0.2, 0.25) is 0 Å². The van der Waals surface area contributed by atoms with Crippen LogP contribution in [0.15, 0.2) is 36.7 Å². The molecule has 18 heavy (non-hydrogen) atoms. The quantitative estimate of drug-likeness (QED) is 0.822. The highest BCUT2D eigenvalue weighted by molar-refractivity contribution is 5.31. The van der Waals surface area contributed by atoms with E-state index in [1.165, 1.54) is 0 Å². The topological polar surface area (TPSA) is 49.9 Å². The van der Waals surface area contributed by atoms with Crippen LogP contribution in [0.3, 0.4) is 0 Å². The minimum absolute atomic E-state index is 0.0835. The number of aromatic nitrogens is 2. The van der Waals surface area contributed by atoms with Gasteiger partial charge in [0.05, 0.1) is 12.6 Å². The van der Waals surface area contributed by atoms with Gasteiger partial charge in [-0.3, -0.25) is 0 Å². The number of nitrogens with zero attached hydrogens (tertiary/aromatic N) is 1. The Morgan fingerprint density at radius 2 is 2.11 bits per heavy atom. The Morgan fingerprint density at radius 3 is 2.67 bits per heavy atom. The van der Waals surface area contributed by atoms with Crippen molar-refractivity contribution in [1.29, 1.82) is 0 Å². The highest BCUT2D eigenvalue weighted by atomic mass is 16.5. The van der Waals surface area contributed by atoms with E-state index in [1.54, 1.807) is 6.20 Å². The first kappa shape index (κ1) is 12.6. The number of H-pyrrole nitrogens is 1. The van der Waals surface area contributed by atoms with Gasteiger partial charge in [0.25, 0.3) is 0 Å². The Hall–Kier alpha value is -1.81. The normalized spacial score (nSPS) is 12.3. The van der Waals surface area contributed by atoms with Crippen molar-refractivity contribution < 1.29 is 4.74 Å². The second-order valence-electron chi connectivity index (χ2n) is 4.11. The van der Waals surface area contributed by atoms with Gasteiger partial charge in [-0.2, -0.15) is 0 Å². The molecule has 0 aliphatic carbocycles. The summed E-state index contributed by atoms with van der Waals surface area (Å²) in [5, 5.41) is 3.25. The molecule has 1 atom stereocenters. The van der Waals surface area contributed by atoms with Crippen LogP contribution in [0, 0.1) is 0 Å². The largest absolute Gasteiger partial charge is 0.494 e. The van der Waals surface area contributed by atoms with Crippen molar-refractivity contribution in [1.82, 2.24) is 15.3 Å². The molecule has 0 saturated carbocycles. The number of imidazole rings is 1. The molecule has 0 aliphatic rings. The molecule has 2 N–H and O–H groups in total. The third-order valence-corrected chi connectivity index (χ3v) is 2.77. The summed E-state index contributed by atoms with van der Waals surface area (Å²) in [6.45, 7) is 2.86. The van der Waals surface area contributed by atoms with Crippen LogP contribution in [0.2, 0.25) is 0 Å². The smallest absolute Gasteiger partial charge is 0.127 e. The van der Waals surface area contributed by atoms with Gasteiger partial charge in [0, 0.05) is 12.4 Å². The zero-order chi connectivity index (χ0) is 12.8. The molecule has 2 aromatic rings. The van der Waals surface area contributed by atoms with Crippen LogP contribution in [0.1, 0.15) is 30.8 Å². The van der Waals surface area contributed by atoms with Crippen LogP contribution in [0.25, 0.3) is 0 Å². The fraction of sp³-hybridized carbons (Fsp3) is 0.357. The number of ether oxygens (including phenoxy) is 1. The molecular weight excluding hydrogens is 226 g/mol. The van der Waals surface area contributed by atoms with Crippen LogP contribution >= 0.6 is 0 Å². The molecular formula is C14H19N3O. The molecule has 0 bridgehead atoms. The highest BCUT2D eigenvalue weighted by Crippen LogP contribution is 2.21. The maximum absolute atomic E-state index is 5.57. The maximum Gasteiger partial charge on any atom is 0.127 e. The van der Waals surface area contributed by atoms with Crippen LogP contribution in [-0.4, -0.2) is 23.6 Å². The zero-order valence-corrected chi connectivity index (χ0v) is 10.8. The number of hydrogen-bond acceptors (Lipinski definition) is 3. The minimum atomic E-state index is 0.0835. The van der Waals surface area contributed by atoms with Crippen molar-refractivity contribution in [2.45, 2.75) is 19.4 Å². The van der Waals surface area contributed by atoms with E-state index in [0.717, 1.165) is 30.2 Å². The first-order valence-electron chi connectivity index (χ1n) is 6.24. The van der Waals surface area contributed by atoms with E-state index in [2.05, 4.69) is 34.3 Å². The third-order valence-electron chi connectivity index (χ3n) is 2.77. The third kappa shape index (κ3) is 2.90. The Kier molecular flexibility index (Phi) is 4.36. The van der Waals surface area contributed by atoms with Crippen molar-refractivity contribution in [3.63, 3.8) is 0 Å². The minimum Gasteiger partial charge on any atom is -0.494 e. The van der Waals surface area contributed by atoms with Crippen molar-refractivity contribution in [3.05, 3.63) is 48.0 Å². The molecule has 96 valence electrons. The molecule has 0 spiro atoms. The number of nitrogens with one attached hydrogen (secondary N) is 2. The molecule has 0 amide bonds. The van der Waals surface area contributed by atoms with E-state index in [0.29, 0.717) is 0 Å². The number of benzene rings is 1. The summed E-state index contributed by atoms with van der Waals surface area (Å²) in [5.41, 5.74) is 1.16. The van der Waals surface area contributed by atoms with Crippen molar-refractivity contribution >= 4 is 0 Å². The lowest BCUT2D eigenvalue weighted by atomic mass is 10.1. The van der Waals surface area contributed by atoms with Gasteiger partial charge in [-0.15, -0.1) is 0 Å². The Bertz CT molecular complexity index is 450. The SMILES string of the molecule is CCCOc1ccc(C(NC)c2ncc[nH]2)cc1. The van der Waals surface area contributed by atoms with Crippen LogP contribution < -0.4 is 10.1 Å².